The number of nitrogens with zero attached hydrogens (tertiary/aromatic N) is 2. The number of Topliss-reactive ketones (excluding diaryl/α,β-unsaturated/α-hetero) is 1. The van der Waals surface area contributed by atoms with Crippen LogP contribution >= 0.6 is 0 Å². The Morgan fingerprint density at radius 2 is 1.70 bits per heavy atom. The normalized spacial score (nSPS) is 11.4. The molecule has 3 nitrogen and oxygen atoms in total. The molecule has 0 unspecified atom stereocenters. The van der Waals surface area contributed by atoms with Gasteiger partial charge in [-0.1, -0.05) is 25.1 Å². The van der Waals surface area contributed by atoms with Gasteiger partial charge in [0.05, 0.1) is 17.1 Å². The zero-order chi connectivity index (χ0) is 14.5. The molecule has 0 saturated heterocycles. The van der Waals surface area contributed by atoms with E-state index >= 15 is 0 Å². The molecule has 1 aromatic carbocycles. The van der Waals surface area contributed by atoms with E-state index in [2.05, 4.69) is 29.0 Å². The Kier molecular flexibility index (Phi) is 4.41. The molecule has 102 valence electrons. The van der Waals surface area contributed by atoms with Gasteiger partial charge in [0.2, 0.25) is 0 Å². The van der Waals surface area contributed by atoms with Crippen molar-refractivity contribution in [2.75, 3.05) is 0 Å². The number of pyridine rings is 1. The highest BCUT2D eigenvalue weighted by Gasteiger charge is 2.04. The maximum absolute atomic E-state index is 11.3. The topological polar surface area (TPSA) is 42.3 Å². The first-order valence-corrected chi connectivity index (χ1v) is 6.72. The summed E-state index contributed by atoms with van der Waals surface area (Å²) in [5, 5.41) is 0. The number of rotatable bonds is 4. The van der Waals surface area contributed by atoms with E-state index in [1.807, 2.05) is 31.2 Å². The molecular weight excluding hydrogens is 248 g/mol. The van der Waals surface area contributed by atoms with Gasteiger partial charge >= 0.3 is 0 Å². The fraction of sp³-hybridized carbons (Fsp3) is 0.235. The van der Waals surface area contributed by atoms with Crippen molar-refractivity contribution in [2.24, 2.45) is 4.99 Å². The largest absolute Gasteiger partial charge is 0.293 e. The SMILES string of the molecule is CCc1ccc(N=C(C)c2cccc(C(C)=O)n2)cc1. The van der Waals surface area contributed by atoms with Crippen LogP contribution in [0.2, 0.25) is 0 Å². The maximum Gasteiger partial charge on any atom is 0.178 e. The Bertz CT molecular complexity index is 642. The number of carbonyl (C=O) groups excluding carboxylic acids is 1. The summed E-state index contributed by atoms with van der Waals surface area (Å²) in [6.45, 7) is 5.54. The van der Waals surface area contributed by atoms with Crippen molar-refractivity contribution in [1.29, 1.82) is 0 Å². The highest BCUT2D eigenvalue weighted by Crippen LogP contribution is 2.15. The standard InChI is InChI=1S/C17H18N2O/c1-4-14-8-10-15(11-9-14)18-12(2)16-6-5-7-17(19-16)13(3)20/h5-11H,4H2,1-3H3. The van der Waals surface area contributed by atoms with Crippen molar-refractivity contribution >= 4 is 17.2 Å². The second-order valence-electron chi connectivity index (χ2n) is 4.68. The van der Waals surface area contributed by atoms with Crippen molar-refractivity contribution in [1.82, 2.24) is 4.98 Å². The summed E-state index contributed by atoms with van der Waals surface area (Å²) in [4.78, 5) is 20.2. The van der Waals surface area contributed by atoms with Gasteiger partial charge in [0.1, 0.15) is 5.69 Å². The molecular formula is C17H18N2O. The van der Waals surface area contributed by atoms with Crippen LogP contribution in [0.15, 0.2) is 47.5 Å². The van der Waals surface area contributed by atoms with Crippen LogP contribution in [0.3, 0.4) is 0 Å². The lowest BCUT2D eigenvalue weighted by Crippen LogP contribution is -2.03. The van der Waals surface area contributed by atoms with E-state index in [9.17, 15) is 4.79 Å². The molecule has 0 N–H and O–H groups in total. The molecule has 0 fully saturated rings. The molecule has 2 aromatic rings. The predicted molar refractivity (Wildman–Crippen MR) is 81.9 cm³/mol. The van der Waals surface area contributed by atoms with Gasteiger partial charge in [-0.05, 0) is 43.2 Å². The van der Waals surface area contributed by atoms with Crippen LogP contribution in [0.5, 0.6) is 0 Å². The average molecular weight is 266 g/mol. The van der Waals surface area contributed by atoms with Gasteiger partial charge in [-0.25, -0.2) is 4.98 Å². The molecule has 0 bridgehead atoms. The van der Waals surface area contributed by atoms with E-state index in [4.69, 9.17) is 0 Å². The highest BCUT2D eigenvalue weighted by molar-refractivity contribution is 6.00. The van der Waals surface area contributed by atoms with Crippen LogP contribution in [-0.2, 0) is 6.42 Å². The average Bonchev–Trinajstić information content (AvgIpc) is 2.48. The number of hydrogen-bond acceptors (Lipinski definition) is 3. The molecule has 0 amide bonds. The monoisotopic (exact) mass is 266 g/mol. The Balaban J connectivity index is 2.29. The molecule has 0 radical (unpaired) electrons. The number of aryl methyl sites for hydroxylation is 1. The van der Waals surface area contributed by atoms with Gasteiger partial charge in [0, 0.05) is 6.92 Å². The third-order valence-corrected chi connectivity index (χ3v) is 3.12. The van der Waals surface area contributed by atoms with Crippen molar-refractivity contribution in [3.63, 3.8) is 0 Å². The van der Waals surface area contributed by atoms with Crippen LogP contribution in [-0.4, -0.2) is 16.5 Å². The van der Waals surface area contributed by atoms with Gasteiger partial charge in [-0.2, -0.15) is 0 Å². The zero-order valence-electron chi connectivity index (χ0n) is 12.1. The summed E-state index contributed by atoms with van der Waals surface area (Å²) in [5.41, 5.74) is 4.20. The summed E-state index contributed by atoms with van der Waals surface area (Å²) in [7, 11) is 0. The molecule has 0 saturated carbocycles. The molecule has 1 heterocycles. The number of ketones is 1. The van der Waals surface area contributed by atoms with Gasteiger partial charge in [0.15, 0.2) is 5.78 Å². The first-order chi connectivity index (χ1) is 9.60. The predicted octanol–water partition coefficient (Wildman–Crippen LogP) is 3.99. The van der Waals surface area contributed by atoms with Crippen LogP contribution in [0.1, 0.15) is 42.5 Å². The van der Waals surface area contributed by atoms with Crippen LogP contribution in [0.4, 0.5) is 5.69 Å². The maximum atomic E-state index is 11.3. The zero-order valence-corrected chi connectivity index (χ0v) is 12.1. The molecule has 1 aromatic heterocycles. The number of benzene rings is 1. The minimum Gasteiger partial charge on any atom is -0.293 e. The molecule has 0 spiro atoms. The van der Waals surface area contributed by atoms with Crippen LogP contribution < -0.4 is 0 Å². The number of carbonyl (C=O) groups is 1. The molecule has 0 aliphatic rings. The fourth-order valence-electron chi connectivity index (χ4n) is 1.89. The van der Waals surface area contributed by atoms with Gasteiger partial charge in [-0.3, -0.25) is 9.79 Å². The molecule has 2 rings (SSSR count). The third kappa shape index (κ3) is 3.38. The Labute approximate surface area is 119 Å². The summed E-state index contributed by atoms with van der Waals surface area (Å²) >= 11 is 0. The summed E-state index contributed by atoms with van der Waals surface area (Å²) in [6.07, 6.45) is 1.02. The van der Waals surface area contributed by atoms with Crippen LogP contribution in [0.25, 0.3) is 0 Å². The van der Waals surface area contributed by atoms with E-state index in [1.54, 1.807) is 6.07 Å². The van der Waals surface area contributed by atoms with Crippen LogP contribution in [0, 0.1) is 0 Å². The number of hydrogen-bond donors (Lipinski definition) is 0. The first kappa shape index (κ1) is 14.1. The summed E-state index contributed by atoms with van der Waals surface area (Å²) < 4.78 is 0. The first-order valence-electron chi connectivity index (χ1n) is 6.72. The van der Waals surface area contributed by atoms with Crippen molar-refractivity contribution in [3.05, 3.63) is 59.4 Å². The second kappa shape index (κ2) is 6.24. The molecule has 3 heteroatoms. The van der Waals surface area contributed by atoms with E-state index in [1.165, 1.54) is 12.5 Å². The number of aliphatic imine (C=N–C) groups is 1. The Hall–Kier alpha value is -2.29. The fourth-order valence-corrected chi connectivity index (χ4v) is 1.89. The summed E-state index contributed by atoms with van der Waals surface area (Å²) in [5.74, 6) is -0.0352. The van der Waals surface area contributed by atoms with Crippen molar-refractivity contribution in [3.8, 4) is 0 Å². The lowest BCUT2D eigenvalue weighted by Gasteiger charge is -2.03. The Morgan fingerprint density at radius 1 is 1.05 bits per heavy atom. The van der Waals surface area contributed by atoms with Gasteiger partial charge in [-0.15, -0.1) is 0 Å². The van der Waals surface area contributed by atoms with Gasteiger partial charge < -0.3 is 0 Å². The van der Waals surface area contributed by atoms with Crippen molar-refractivity contribution in [2.45, 2.75) is 27.2 Å². The third-order valence-electron chi connectivity index (χ3n) is 3.12. The molecule has 0 aliphatic carbocycles. The minimum atomic E-state index is -0.0352. The van der Waals surface area contributed by atoms with E-state index in [-0.39, 0.29) is 5.78 Å². The smallest absolute Gasteiger partial charge is 0.178 e. The second-order valence-corrected chi connectivity index (χ2v) is 4.68. The van der Waals surface area contributed by atoms with E-state index in [0.29, 0.717) is 5.69 Å². The lowest BCUT2D eigenvalue weighted by molar-refractivity contribution is 0.101. The quantitative estimate of drug-likeness (QED) is 0.620. The number of aromatic nitrogens is 1. The van der Waals surface area contributed by atoms with Gasteiger partial charge in [0.25, 0.3) is 0 Å². The lowest BCUT2D eigenvalue weighted by atomic mass is 10.1. The minimum absolute atomic E-state index is 0.0352. The molecule has 0 aliphatic heterocycles. The summed E-state index contributed by atoms with van der Waals surface area (Å²) in [6, 6.07) is 13.6. The molecule has 0 atom stereocenters. The van der Waals surface area contributed by atoms with E-state index in [0.717, 1.165) is 23.5 Å². The highest BCUT2D eigenvalue weighted by atomic mass is 16.1. The Morgan fingerprint density at radius 3 is 2.30 bits per heavy atom. The van der Waals surface area contributed by atoms with Crippen molar-refractivity contribution < 1.29 is 4.79 Å². The molecule has 20 heavy (non-hydrogen) atoms. The van der Waals surface area contributed by atoms with E-state index < -0.39 is 0 Å².